The number of carbonyl (C=O) groups is 2. The van der Waals surface area contributed by atoms with Crippen molar-refractivity contribution in [2.75, 3.05) is 18.5 Å². The fraction of sp³-hybridized carbons (Fsp3) is 0.308. The summed E-state index contributed by atoms with van der Waals surface area (Å²) in [6.45, 7) is 3.30. The summed E-state index contributed by atoms with van der Waals surface area (Å²) in [6.07, 6.45) is 7.33. The fourth-order valence-electron chi connectivity index (χ4n) is 4.92. The molecular formula is C26H27N3O2. The topological polar surface area (TPSA) is 45.6 Å². The Hall–Kier alpha value is -3.34. The van der Waals surface area contributed by atoms with Gasteiger partial charge in [0.15, 0.2) is 0 Å². The van der Waals surface area contributed by atoms with Crippen molar-refractivity contribution >= 4 is 40.1 Å². The molecule has 1 atom stereocenters. The molecule has 0 unspecified atom stereocenters. The molecule has 5 rings (SSSR count). The summed E-state index contributed by atoms with van der Waals surface area (Å²) in [7, 11) is 1.81. The standard InChI is InChI=1S/C26H27N3O2/c1-18-9-7-8-14-29(18)25(30)17-28-16-19(20-10-3-6-13-24(20)28)15-22-21-11-4-5-12-23(21)27(2)26(22)31/h3-6,10-13,15-16,18H,7-9,14,17H2,1-2H3/b22-15+/t18-/m0/s1. The zero-order valence-electron chi connectivity index (χ0n) is 18.0. The van der Waals surface area contributed by atoms with Gasteiger partial charge in [-0.1, -0.05) is 36.4 Å². The van der Waals surface area contributed by atoms with Crippen molar-refractivity contribution < 1.29 is 9.59 Å². The summed E-state index contributed by atoms with van der Waals surface area (Å²) in [5, 5.41) is 1.05. The van der Waals surface area contributed by atoms with E-state index in [-0.39, 0.29) is 11.8 Å². The van der Waals surface area contributed by atoms with E-state index in [9.17, 15) is 9.59 Å². The molecule has 3 heterocycles. The van der Waals surface area contributed by atoms with Gasteiger partial charge in [0.05, 0.1) is 5.69 Å². The van der Waals surface area contributed by atoms with Gasteiger partial charge in [0.2, 0.25) is 5.91 Å². The third-order valence-corrected chi connectivity index (χ3v) is 6.64. The Bertz CT molecular complexity index is 1210. The minimum absolute atomic E-state index is 0.00347. The maximum atomic E-state index is 13.1. The van der Waals surface area contributed by atoms with E-state index in [1.807, 2.05) is 71.3 Å². The molecule has 1 aromatic heterocycles. The van der Waals surface area contributed by atoms with Gasteiger partial charge in [0.25, 0.3) is 5.91 Å². The van der Waals surface area contributed by atoms with Crippen LogP contribution in [0.2, 0.25) is 0 Å². The summed E-state index contributed by atoms with van der Waals surface area (Å²) in [5.74, 6) is 0.158. The molecule has 2 aromatic carbocycles. The number of carbonyl (C=O) groups excluding carboxylic acids is 2. The quantitative estimate of drug-likeness (QED) is 0.591. The van der Waals surface area contributed by atoms with Crippen molar-refractivity contribution in [3.63, 3.8) is 0 Å². The summed E-state index contributed by atoms with van der Waals surface area (Å²) < 4.78 is 2.03. The van der Waals surface area contributed by atoms with Gasteiger partial charge >= 0.3 is 0 Å². The first-order valence-corrected chi connectivity index (χ1v) is 11.0. The van der Waals surface area contributed by atoms with Gasteiger partial charge in [-0.05, 0) is 44.4 Å². The Morgan fingerprint density at radius 2 is 1.87 bits per heavy atom. The average molecular weight is 414 g/mol. The lowest BCUT2D eigenvalue weighted by Gasteiger charge is -2.33. The number of hydrogen-bond acceptors (Lipinski definition) is 2. The molecule has 0 radical (unpaired) electrons. The third-order valence-electron chi connectivity index (χ3n) is 6.64. The first-order chi connectivity index (χ1) is 15.0. The number of para-hydroxylation sites is 2. The zero-order chi connectivity index (χ0) is 21.5. The number of aromatic nitrogens is 1. The van der Waals surface area contributed by atoms with Crippen LogP contribution in [0.4, 0.5) is 5.69 Å². The summed E-state index contributed by atoms with van der Waals surface area (Å²) in [4.78, 5) is 29.7. The molecule has 0 saturated carbocycles. The van der Waals surface area contributed by atoms with E-state index in [0.29, 0.717) is 18.2 Å². The van der Waals surface area contributed by atoms with Crippen LogP contribution in [-0.4, -0.2) is 40.9 Å². The van der Waals surface area contributed by atoms with E-state index >= 15 is 0 Å². The average Bonchev–Trinajstić information content (AvgIpc) is 3.25. The van der Waals surface area contributed by atoms with Gasteiger partial charge in [0.1, 0.15) is 6.54 Å². The van der Waals surface area contributed by atoms with E-state index in [1.165, 1.54) is 6.42 Å². The first-order valence-electron chi connectivity index (χ1n) is 11.0. The van der Waals surface area contributed by atoms with E-state index in [2.05, 4.69) is 13.0 Å². The summed E-state index contributed by atoms with van der Waals surface area (Å²) in [5.41, 5.74) is 4.54. The molecule has 5 heteroatoms. The molecule has 1 fully saturated rings. The SMILES string of the molecule is C[C@H]1CCCCN1C(=O)Cn1cc(/C=C2/C(=O)N(C)c3ccccc32)c2ccccc21. The third kappa shape index (κ3) is 3.34. The van der Waals surface area contributed by atoms with Crippen molar-refractivity contribution in [1.82, 2.24) is 9.47 Å². The second kappa shape index (κ2) is 7.73. The maximum Gasteiger partial charge on any atom is 0.258 e. The van der Waals surface area contributed by atoms with Crippen molar-refractivity contribution in [3.8, 4) is 0 Å². The Morgan fingerprint density at radius 3 is 2.71 bits per heavy atom. The highest BCUT2D eigenvalue weighted by Crippen LogP contribution is 2.37. The Labute approximate surface area is 182 Å². The maximum absolute atomic E-state index is 13.1. The van der Waals surface area contributed by atoms with Gasteiger partial charge in [-0.3, -0.25) is 9.59 Å². The van der Waals surface area contributed by atoms with Crippen LogP contribution in [0.25, 0.3) is 22.6 Å². The zero-order valence-corrected chi connectivity index (χ0v) is 18.0. The number of likely N-dealkylation sites (tertiary alicyclic amines) is 1. The number of anilines is 1. The molecule has 31 heavy (non-hydrogen) atoms. The number of hydrogen-bond donors (Lipinski definition) is 0. The minimum atomic E-state index is -0.00347. The van der Waals surface area contributed by atoms with Crippen LogP contribution in [0, 0.1) is 0 Å². The van der Waals surface area contributed by atoms with Crippen LogP contribution in [0.15, 0.2) is 54.7 Å². The Kier molecular flexibility index (Phi) is 4.89. The van der Waals surface area contributed by atoms with Gasteiger partial charge in [-0.2, -0.15) is 0 Å². The molecule has 2 amide bonds. The molecule has 1 saturated heterocycles. The molecule has 0 bridgehead atoms. The van der Waals surface area contributed by atoms with Crippen LogP contribution in [0.3, 0.4) is 0 Å². The van der Waals surface area contributed by atoms with Crippen molar-refractivity contribution in [2.24, 2.45) is 0 Å². The number of fused-ring (bicyclic) bond motifs is 2. The van der Waals surface area contributed by atoms with Crippen LogP contribution >= 0.6 is 0 Å². The number of likely N-dealkylation sites (N-methyl/N-ethyl adjacent to an activating group) is 1. The number of piperidine rings is 1. The van der Waals surface area contributed by atoms with Gasteiger partial charge in [0, 0.05) is 53.4 Å². The molecule has 0 spiro atoms. The van der Waals surface area contributed by atoms with Crippen LogP contribution in [-0.2, 0) is 16.1 Å². The van der Waals surface area contributed by atoms with Gasteiger partial charge in [-0.25, -0.2) is 0 Å². The molecule has 0 aliphatic carbocycles. The fourth-order valence-corrected chi connectivity index (χ4v) is 4.92. The van der Waals surface area contributed by atoms with Gasteiger partial charge in [-0.15, -0.1) is 0 Å². The predicted molar refractivity (Wildman–Crippen MR) is 125 cm³/mol. The molecule has 0 N–H and O–H groups in total. The Balaban J connectivity index is 1.54. The second-order valence-corrected chi connectivity index (χ2v) is 8.60. The normalized spacial score (nSPS) is 20.0. The lowest BCUT2D eigenvalue weighted by molar-refractivity contribution is -0.135. The monoisotopic (exact) mass is 413 g/mol. The van der Waals surface area contributed by atoms with Crippen molar-refractivity contribution in [2.45, 2.75) is 38.8 Å². The minimum Gasteiger partial charge on any atom is -0.338 e. The summed E-state index contributed by atoms with van der Waals surface area (Å²) >= 11 is 0. The molecule has 2 aliphatic heterocycles. The van der Waals surface area contributed by atoms with Gasteiger partial charge < -0.3 is 14.4 Å². The first kappa shape index (κ1) is 19.6. The molecule has 2 aliphatic rings. The van der Waals surface area contributed by atoms with E-state index in [4.69, 9.17) is 0 Å². The van der Waals surface area contributed by atoms with Crippen LogP contribution < -0.4 is 4.90 Å². The second-order valence-electron chi connectivity index (χ2n) is 8.60. The highest BCUT2D eigenvalue weighted by atomic mass is 16.2. The van der Waals surface area contributed by atoms with Crippen LogP contribution in [0.1, 0.15) is 37.3 Å². The Morgan fingerprint density at radius 1 is 1.10 bits per heavy atom. The highest BCUT2D eigenvalue weighted by Gasteiger charge is 2.29. The van der Waals surface area contributed by atoms with E-state index in [0.717, 1.165) is 47.1 Å². The molecule has 3 aromatic rings. The molecule has 158 valence electrons. The summed E-state index contributed by atoms with van der Waals surface area (Å²) in [6, 6.07) is 16.3. The number of nitrogens with zero attached hydrogens (tertiary/aromatic N) is 3. The van der Waals surface area contributed by atoms with E-state index < -0.39 is 0 Å². The van der Waals surface area contributed by atoms with Crippen LogP contribution in [0.5, 0.6) is 0 Å². The number of rotatable bonds is 3. The largest absolute Gasteiger partial charge is 0.338 e. The molecule has 5 nitrogen and oxygen atoms in total. The highest BCUT2D eigenvalue weighted by molar-refractivity contribution is 6.36. The lowest BCUT2D eigenvalue weighted by Crippen LogP contribution is -2.43. The van der Waals surface area contributed by atoms with E-state index in [1.54, 1.807) is 4.90 Å². The van der Waals surface area contributed by atoms with Crippen molar-refractivity contribution in [3.05, 3.63) is 65.9 Å². The predicted octanol–water partition coefficient (Wildman–Crippen LogP) is 4.56. The smallest absolute Gasteiger partial charge is 0.258 e. The van der Waals surface area contributed by atoms with Crippen molar-refractivity contribution in [1.29, 1.82) is 0 Å². The lowest BCUT2D eigenvalue weighted by atomic mass is 10.0. The number of benzene rings is 2. The number of amides is 2. The molecular weight excluding hydrogens is 386 g/mol.